The summed E-state index contributed by atoms with van der Waals surface area (Å²) < 4.78 is 1.79. The Kier molecular flexibility index (Phi) is 4.79. The molecule has 170 valence electrons. The fourth-order valence-corrected chi connectivity index (χ4v) is 6.09. The van der Waals surface area contributed by atoms with E-state index < -0.39 is 12.0 Å². The van der Waals surface area contributed by atoms with E-state index in [0.717, 1.165) is 61.8 Å². The number of amides is 2. The lowest BCUT2D eigenvalue weighted by molar-refractivity contribution is -0.138. The Bertz CT molecular complexity index is 1050. The van der Waals surface area contributed by atoms with Crippen molar-refractivity contribution in [2.24, 2.45) is 23.7 Å². The molecule has 0 aromatic carbocycles. The maximum atomic E-state index is 13.5. The van der Waals surface area contributed by atoms with Crippen LogP contribution in [0.4, 0.5) is 0 Å². The molecule has 2 bridgehead atoms. The highest BCUT2D eigenvalue weighted by Gasteiger charge is 2.58. The zero-order valence-corrected chi connectivity index (χ0v) is 18.3. The highest BCUT2D eigenvalue weighted by molar-refractivity contribution is 5.86. The van der Waals surface area contributed by atoms with Crippen molar-refractivity contribution >= 4 is 17.4 Å². The van der Waals surface area contributed by atoms with Crippen LogP contribution in [-0.2, 0) is 16.1 Å². The number of aromatic nitrogens is 1. The third-order valence-corrected chi connectivity index (χ3v) is 8.18. The van der Waals surface area contributed by atoms with Crippen LogP contribution in [0.3, 0.4) is 0 Å². The first-order chi connectivity index (χ1) is 15.6. The van der Waals surface area contributed by atoms with Gasteiger partial charge in [-0.15, -0.1) is 0 Å². The molecule has 3 fully saturated rings. The number of hydrogen-bond acceptors (Lipinski definition) is 4. The largest absolute Gasteiger partial charge is 0.396 e. The number of aliphatic hydroxyl groups excluding tert-OH is 1. The van der Waals surface area contributed by atoms with Crippen molar-refractivity contribution in [1.82, 2.24) is 14.8 Å². The molecule has 1 aromatic rings. The van der Waals surface area contributed by atoms with Gasteiger partial charge in [-0.05, 0) is 68.6 Å². The molecule has 3 aliphatic carbocycles. The Morgan fingerprint density at radius 1 is 1.16 bits per heavy atom. The molecule has 4 atom stereocenters. The number of aliphatic hydroxyl groups is 1. The first-order valence-corrected chi connectivity index (χ1v) is 12.2. The first-order valence-electron chi connectivity index (χ1n) is 12.2. The molecule has 0 radical (unpaired) electrons. The van der Waals surface area contributed by atoms with Crippen molar-refractivity contribution in [2.75, 3.05) is 13.2 Å². The van der Waals surface area contributed by atoms with E-state index in [1.54, 1.807) is 4.57 Å². The van der Waals surface area contributed by atoms with Crippen molar-refractivity contribution in [3.63, 3.8) is 0 Å². The van der Waals surface area contributed by atoms with Crippen LogP contribution in [0.1, 0.15) is 62.2 Å². The van der Waals surface area contributed by atoms with E-state index in [9.17, 15) is 19.5 Å². The van der Waals surface area contributed by atoms with Crippen molar-refractivity contribution < 1.29 is 14.7 Å². The van der Waals surface area contributed by atoms with Crippen LogP contribution >= 0.6 is 0 Å². The Labute approximate surface area is 187 Å². The molecule has 7 nitrogen and oxygen atoms in total. The number of allylic oxidation sites excluding steroid dienone is 2. The summed E-state index contributed by atoms with van der Waals surface area (Å²) in [5.41, 5.74) is 2.56. The molecule has 7 heteroatoms. The van der Waals surface area contributed by atoms with Gasteiger partial charge in [0.2, 0.25) is 11.8 Å². The molecule has 2 aliphatic heterocycles. The average molecular weight is 438 g/mol. The first kappa shape index (κ1) is 20.2. The Morgan fingerprint density at radius 2 is 1.97 bits per heavy atom. The third-order valence-electron chi connectivity index (χ3n) is 8.18. The highest BCUT2D eigenvalue weighted by atomic mass is 16.3. The van der Waals surface area contributed by atoms with E-state index in [-0.39, 0.29) is 41.9 Å². The number of carbonyl (C=O) groups is 2. The van der Waals surface area contributed by atoms with Crippen molar-refractivity contribution in [3.05, 3.63) is 39.8 Å². The molecule has 3 heterocycles. The summed E-state index contributed by atoms with van der Waals surface area (Å²) in [5, 5.41) is 13.4. The van der Waals surface area contributed by atoms with Gasteiger partial charge in [0.15, 0.2) is 0 Å². The van der Waals surface area contributed by atoms with E-state index in [1.165, 1.54) is 0 Å². The van der Waals surface area contributed by atoms with Crippen LogP contribution in [-0.4, -0.2) is 45.6 Å². The summed E-state index contributed by atoms with van der Waals surface area (Å²) in [6, 6.07) is 3.02. The summed E-state index contributed by atoms with van der Waals surface area (Å²) >= 11 is 0. The van der Waals surface area contributed by atoms with Gasteiger partial charge in [0.05, 0.1) is 18.0 Å². The van der Waals surface area contributed by atoms with Crippen molar-refractivity contribution in [3.8, 4) is 0 Å². The minimum absolute atomic E-state index is 0.0220. The Balaban J connectivity index is 1.42. The van der Waals surface area contributed by atoms with Gasteiger partial charge in [-0.2, -0.15) is 0 Å². The molecular formula is C25H31N3O4. The van der Waals surface area contributed by atoms with Crippen LogP contribution < -0.4 is 10.9 Å². The molecule has 32 heavy (non-hydrogen) atoms. The van der Waals surface area contributed by atoms with Gasteiger partial charge >= 0.3 is 0 Å². The summed E-state index contributed by atoms with van der Waals surface area (Å²) in [6.45, 7) is 0.834. The molecule has 2 saturated carbocycles. The molecule has 0 spiro atoms. The maximum Gasteiger partial charge on any atom is 0.258 e. The van der Waals surface area contributed by atoms with E-state index in [0.29, 0.717) is 19.0 Å². The molecule has 2 amide bonds. The van der Waals surface area contributed by atoms with Gasteiger partial charge in [0, 0.05) is 42.8 Å². The molecule has 2 N–H and O–H groups in total. The van der Waals surface area contributed by atoms with Gasteiger partial charge < -0.3 is 19.9 Å². The minimum Gasteiger partial charge on any atom is -0.396 e. The minimum atomic E-state index is -0.531. The number of nitrogens with one attached hydrogen (secondary N) is 1. The zero-order valence-electron chi connectivity index (χ0n) is 18.3. The van der Waals surface area contributed by atoms with E-state index in [2.05, 4.69) is 11.4 Å². The number of hydrogen-bond donors (Lipinski definition) is 2. The van der Waals surface area contributed by atoms with Gasteiger partial charge in [-0.1, -0.05) is 6.08 Å². The number of rotatable bonds is 6. The predicted octanol–water partition coefficient (Wildman–Crippen LogP) is 1.84. The van der Waals surface area contributed by atoms with Crippen LogP contribution in [0, 0.1) is 23.7 Å². The average Bonchev–Trinajstić information content (AvgIpc) is 3.73. The third kappa shape index (κ3) is 3.16. The summed E-state index contributed by atoms with van der Waals surface area (Å²) in [7, 11) is 0. The monoisotopic (exact) mass is 437 g/mol. The molecule has 5 aliphatic rings. The maximum absolute atomic E-state index is 13.5. The highest BCUT2D eigenvalue weighted by Crippen LogP contribution is 2.50. The second-order valence-corrected chi connectivity index (χ2v) is 10.3. The zero-order chi connectivity index (χ0) is 22.0. The lowest BCUT2D eigenvalue weighted by Gasteiger charge is -2.38. The molecule has 1 aromatic heterocycles. The number of nitrogens with zero attached hydrogens (tertiary/aromatic N) is 2. The van der Waals surface area contributed by atoms with E-state index in [1.807, 2.05) is 17.0 Å². The lowest BCUT2D eigenvalue weighted by atomic mass is 9.86. The topological polar surface area (TPSA) is 91.6 Å². The number of pyridine rings is 1. The van der Waals surface area contributed by atoms with E-state index in [4.69, 9.17) is 0 Å². The normalized spacial score (nSPS) is 30.8. The fourth-order valence-electron chi connectivity index (χ4n) is 6.09. The number of fused-ring (bicyclic) bond motifs is 4. The van der Waals surface area contributed by atoms with Crippen molar-refractivity contribution in [1.29, 1.82) is 0 Å². The second-order valence-electron chi connectivity index (χ2n) is 10.3. The second kappa shape index (κ2) is 7.58. The van der Waals surface area contributed by atoms with Crippen molar-refractivity contribution in [2.45, 2.75) is 63.6 Å². The molecule has 0 unspecified atom stereocenters. The fraction of sp³-hybridized carbons (Fsp3) is 0.640. The lowest BCUT2D eigenvalue weighted by Crippen LogP contribution is -2.50. The molecule has 1 saturated heterocycles. The Morgan fingerprint density at radius 3 is 2.62 bits per heavy atom. The van der Waals surface area contributed by atoms with Crippen LogP contribution in [0.2, 0.25) is 0 Å². The molecule has 6 rings (SSSR count). The van der Waals surface area contributed by atoms with Crippen LogP contribution in [0.5, 0.6) is 0 Å². The van der Waals surface area contributed by atoms with Crippen LogP contribution in [0.15, 0.2) is 23.0 Å². The van der Waals surface area contributed by atoms with Crippen LogP contribution in [0.25, 0.3) is 5.57 Å². The van der Waals surface area contributed by atoms with Gasteiger partial charge in [-0.25, -0.2) is 0 Å². The number of carbonyl (C=O) groups excluding carboxylic acids is 2. The van der Waals surface area contributed by atoms with Gasteiger partial charge in [-0.3, -0.25) is 14.4 Å². The molecular weight excluding hydrogens is 406 g/mol. The summed E-state index contributed by atoms with van der Waals surface area (Å²) in [5.74, 6) is -0.341. The summed E-state index contributed by atoms with van der Waals surface area (Å²) in [6.07, 6.45) is 9.19. The quantitative estimate of drug-likeness (QED) is 0.711. The SMILES string of the molecule is O=C(NCC1CC1)[C@H]1[C@H](CO)[C@H]2Cn3c(ccc(C4=CCCC4)c3=O)[C@@H]1N2C(=O)C1CC1. The Hall–Kier alpha value is -2.41. The smallest absolute Gasteiger partial charge is 0.258 e. The standard InChI is InChI=1S/C25H31N3O4/c29-13-18-20-12-27-19(10-9-17(25(27)32)15-3-1-2-4-15)22(28(20)24(31)16-7-8-16)21(18)23(30)26-11-14-5-6-14/h3,9-10,14,16,18,20-22,29H,1-2,4-8,11-13H2,(H,26,30)/t18-,20-,21+,22+/m1/s1. The van der Waals surface area contributed by atoms with Gasteiger partial charge in [0.25, 0.3) is 5.56 Å². The van der Waals surface area contributed by atoms with E-state index >= 15 is 0 Å². The predicted molar refractivity (Wildman–Crippen MR) is 118 cm³/mol. The summed E-state index contributed by atoms with van der Waals surface area (Å²) in [4.78, 5) is 42.0. The van der Waals surface area contributed by atoms with Gasteiger partial charge in [0.1, 0.15) is 0 Å².